The number of aliphatic imine (C=N–C) groups is 1. The van der Waals surface area contributed by atoms with E-state index in [0.29, 0.717) is 0 Å². The fourth-order valence-electron chi connectivity index (χ4n) is 4.63. The van der Waals surface area contributed by atoms with Gasteiger partial charge in [0.2, 0.25) is 11.7 Å². The molecule has 0 spiro atoms. The quantitative estimate of drug-likeness (QED) is 0.166. The molecule has 1 aliphatic heterocycles. The van der Waals surface area contributed by atoms with Crippen LogP contribution in [-0.4, -0.2) is 48.9 Å². The maximum absolute atomic E-state index is 11.2. The van der Waals surface area contributed by atoms with E-state index in [4.69, 9.17) is 4.99 Å². The largest absolute Gasteiger partial charge is 0.351 e. The van der Waals surface area contributed by atoms with Crippen molar-refractivity contribution >= 4 is 11.7 Å². The standard InChI is InChI=1S/C27H51N3O/c1-4-6-7-8-9-10-11-12-13-14-15-16-17-18-19-20-21-27-29-23-25-30(27,5-2)24-22-28-26(3)31/h20-21H,4-19,22-25H2,1-3H3/p+1/b21-20+. The summed E-state index contributed by atoms with van der Waals surface area (Å²) in [6, 6.07) is 0. The van der Waals surface area contributed by atoms with Gasteiger partial charge in [0.25, 0.3) is 0 Å². The first-order valence-corrected chi connectivity index (χ1v) is 13.5. The lowest BCUT2D eigenvalue weighted by atomic mass is 10.0. The second kappa shape index (κ2) is 18.4. The van der Waals surface area contributed by atoms with Crippen molar-refractivity contribution in [3.05, 3.63) is 12.2 Å². The number of nitrogens with one attached hydrogen (secondary N) is 1. The van der Waals surface area contributed by atoms with Gasteiger partial charge in [0, 0.05) is 13.0 Å². The number of hydrogen-bond acceptors (Lipinski definition) is 2. The SMILES string of the molecule is CCCCCCCCCCCCCCCC/C=C/C1=NCC[N+]1(CC)CCNC(C)=O. The molecule has 31 heavy (non-hydrogen) atoms. The summed E-state index contributed by atoms with van der Waals surface area (Å²) in [7, 11) is 0. The van der Waals surface area contributed by atoms with Gasteiger partial charge in [0.15, 0.2) is 0 Å². The molecule has 0 radical (unpaired) electrons. The number of rotatable bonds is 20. The molecule has 0 aromatic rings. The number of amides is 1. The number of amidine groups is 1. The molecule has 1 N–H and O–H groups in total. The summed E-state index contributed by atoms with van der Waals surface area (Å²) in [6.45, 7) is 10.8. The molecule has 4 heteroatoms. The van der Waals surface area contributed by atoms with Crippen LogP contribution < -0.4 is 5.32 Å². The molecule has 0 fully saturated rings. The van der Waals surface area contributed by atoms with Gasteiger partial charge in [-0.25, -0.2) is 4.99 Å². The van der Waals surface area contributed by atoms with E-state index in [1.807, 2.05) is 0 Å². The molecule has 1 atom stereocenters. The molecule has 1 aliphatic rings. The highest BCUT2D eigenvalue weighted by Crippen LogP contribution is 2.17. The third-order valence-corrected chi connectivity index (χ3v) is 6.80. The van der Waals surface area contributed by atoms with Crippen LogP contribution in [-0.2, 0) is 4.79 Å². The minimum absolute atomic E-state index is 0.0558. The first-order chi connectivity index (χ1) is 15.1. The van der Waals surface area contributed by atoms with Crippen molar-refractivity contribution in [3.63, 3.8) is 0 Å². The van der Waals surface area contributed by atoms with E-state index in [0.717, 1.165) is 43.6 Å². The predicted octanol–water partition coefficient (Wildman–Crippen LogP) is 6.80. The van der Waals surface area contributed by atoms with Gasteiger partial charge in [-0.2, -0.15) is 0 Å². The van der Waals surface area contributed by atoms with Gasteiger partial charge in [0.05, 0.1) is 19.6 Å². The average molecular weight is 435 g/mol. The van der Waals surface area contributed by atoms with E-state index in [1.165, 1.54) is 95.7 Å². The van der Waals surface area contributed by atoms with Crippen molar-refractivity contribution in [2.45, 2.75) is 117 Å². The number of quaternary nitrogens is 1. The number of unbranched alkanes of at least 4 members (excludes halogenated alkanes) is 14. The highest BCUT2D eigenvalue weighted by Gasteiger charge is 2.34. The minimum Gasteiger partial charge on any atom is -0.351 e. The van der Waals surface area contributed by atoms with Crippen LogP contribution in [0.5, 0.6) is 0 Å². The maximum atomic E-state index is 11.2. The summed E-state index contributed by atoms with van der Waals surface area (Å²) in [4.78, 5) is 15.9. The van der Waals surface area contributed by atoms with E-state index in [-0.39, 0.29) is 5.91 Å². The molecule has 0 bridgehead atoms. The molecular weight excluding hydrogens is 382 g/mol. The Hall–Kier alpha value is -1.16. The molecule has 0 saturated carbocycles. The predicted molar refractivity (Wildman–Crippen MR) is 136 cm³/mol. The van der Waals surface area contributed by atoms with E-state index in [1.54, 1.807) is 6.92 Å². The van der Waals surface area contributed by atoms with Crippen molar-refractivity contribution < 1.29 is 9.28 Å². The Morgan fingerprint density at radius 3 is 1.97 bits per heavy atom. The summed E-state index contributed by atoms with van der Waals surface area (Å²) < 4.78 is 0.912. The molecule has 1 amide bonds. The van der Waals surface area contributed by atoms with Gasteiger partial charge in [-0.15, -0.1) is 0 Å². The Kier molecular flexibility index (Phi) is 16.6. The molecular formula is C27H52N3O+. The number of hydrogen-bond donors (Lipinski definition) is 1. The van der Waals surface area contributed by atoms with E-state index in [2.05, 4.69) is 31.3 Å². The van der Waals surface area contributed by atoms with E-state index in [9.17, 15) is 4.79 Å². The molecule has 1 heterocycles. The van der Waals surface area contributed by atoms with E-state index >= 15 is 0 Å². The number of carbonyl (C=O) groups is 1. The molecule has 0 aliphatic carbocycles. The van der Waals surface area contributed by atoms with Crippen molar-refractivity contribution in [2.75, 3.05) is 32.7 Å². The van der Waals surface area contributed by atoms with Crippen molar-refractivity contribution in [2.24, 2.45) is 4.99 Å². The van der Waals surface area contributed by atoms with E-state index < -0.39 is 0 Å². The smallest absolute Gasteiger partial charge is 0.222 e. The van der Waals surface area contributed by atoms with Crippen LogP contribution in [0.25, 0.3) is 0 Å². The summed E-state index contributed by atoms with van der Waals surface area (Å²) >= 11 is 0. The normalized spacial score (nSPS) is 18.6. The molecule has 0 saturated heterocycles. The first-order valence-electron chi connectivity index (χ1n) is 13.5. The summed E-state index contributed by atoms with van der Waals surface area (Å²) in [5.74, 6) is 1.26. The Bertz CT molecular complexity index is 515. The highest BCUT2D eigenvalue weighted by atomic mass is 16.1. The van der Waals surface area contributed by atoms with Crippen molar-refractivity contribution in [1.29, 1.82) is 0 Å². The second-order valence-electron chi connectivity index (χ2n) is 9.42. The van der Waals surface area contributed by atoms with Crippen molar-refractivity contribution in [1.82, 2.24) is 5.32 Å². The molecule has 0 aromatic carbocycles. The Labute approximate surface area is 193 Å². The lowest BCUT2D eigenvalue weighted by Crippen LogP contribution is -2.53. The number of carbonyl (C=O) groups excluding carboxylic acids is 1. The zero-order valence-electron chi connectivity index (χ0n) is 21.1. The zero-order chi connectivity index (χ0) is 22.6. The molecule has 180 valence electrons. The third-order valence-electron chi connectivity index (χ3n) is 6.80. The Balaban J connectivity index is 2.01. The van der Waals surface area contributed by atoms with Crippen LogP contribution in [0, 0.1) is 0 Å². The van der Waals surface area contributed by atoms with Gasteiger partial charge in [-0.05, 0) is 19.8 Å². The highest BCUT2D eigenvalue weighted by molar-refractivity contribution is 5.88. The summed E-state index contributed by atoms with van der Waals surface area (Å²) in [5.41, 5.74) is 0. The average Bonchev–Trinajstić information content (AvgIpc) is 3.16. The fraction of sp³-hybridized carbons (Fsp3) is 0.852. The lowest BCUT2D eigenvalue weighted by molar-refractivity contribution is -0.830. The summed E-state index contributed by atoms with van der Waals surface area (Å²) in [5, 5.41) is 2.94. The number of nitrogens with zero attached hydrogens (tertiary/aromatic N) is 2. The van der Waals surface area contributed by atoms with Crippen LogP contribution >= 0.6 is 0 Å². The molecule has 1 unspecified atom stereocenters. The van der Waals surface area contributed by atoms with Crippen molar-refractivity contribution in [3.8, 4) is 0 Å². The van der Waals surface area contributed by atoms with Crippen LogP contribution in [0.4, 0.5) is 0 Å². The maximum Gasteiger partial charge on any atom is 0.222 e. The minimum atomic E-state index is 0.0558. The van der Waals surface area contributed by atoms with Gasteiger partial charge in [-0.3, -0.25) is 9.28 Å². The van der Waals surface area contributed by atoms with Gasteiger partial charge in [-0.1, -0.05) is 96.5 Å². The molecule has 1 rings (SSSR count). The van der Waals surface area contributed by atoms with Gasteiger partial charge < -0.3 is 5.32 Å². The molecule has 0 aromatic heterocycles. The lowest BCUT2D eigenvalue weighted by Gasteiger charge is -2.32. The van der Waals surface area contributed by atoms with Crippen LogP contribution in [0.2, 0.25) is 0 Å². The Morgan fingerprint density at radius 2 is 1.45 bits per heavy atom. The molecule has 4 nitrogen and oxygen atoms in total. The van der Waals surface area contributed by atoms with Crippen LogP contribution in [0.1, 0.15) is 117 Å². The third kappa shape index (κ3) is 13.1. The zero-order valence-corrected chi connectivity index (χ0v) is 21.1. The Morgan fingerprint density at radius 1 is 0.903 bits per heavy atom. The second-order valence-corrected chi connectivity index (χ2v) is 9.42. The number of likely N-dealkylation sites (N-methyl/N-ethyl adjacent to an activating group) is 1. The van der Waals surface area contributed by atoms with Crippen LogP contribution in [0.3, 0.4) is 0 Å². The fourth-order valence-corrected chi connectivity index (χ4v) is 4.63. The topological polar surface area (TPSA) is 41.5 Å². The summed E-state index contributed by atoms with van der Waals surface area (Å²) in [6.07, 6.45) is 25.5. The number of allylic oxidation sites excluding steroid dienone is 1. The van der Waals surface area contributed by atoms with Crippen LogP contribution in [0.15, 0.2) is 17.1 Å². The van der Waals surface area contributed by atoms with Gasteiger partial charge in [0.1, 0.15) is 13.1 Å². The van der Waals surface area contributed by atoms with Gasteiger partial charge >= 0.3 is 0 Å². The first kappa shape index (κ1) is 27.9. The monoisotopic (exact) mass is 434 g/mol.